The third kappa shape index (κ3) is 5.10. The van der Waals surface area contributed by atoms with Gasteiger partial charge in [0.1, 0.15) is 22.3 Å². The summed E-state index contributed by atoms with van der Waals surface area (Å²) in [5, 5.41) is 20.3. The number of rotatable bonds is 7. The summed E-state index contributed by atoms with van der Waals surface area (Å²) >= 11 is 0. The summed E-state index contributed by atoms with van der Waals surface area (Å²) in [6.07, 6.45) is 8.99. The number of likely N-dealkylation sites (N-methyl/N-ethyl adjacent to an activating group) is 1. The van der Waals surface area contributed by atoms with Gasteiger partial charge >= 0.3 is 0 Å². The Hall–Kier alpha value is -2.75. The van der Waals surface area contributed by atoms with E-state index in [0.29, 0.717) is 49.3 Å². The first-order valence-corrected chi connectivity index (χ1v) is 12.7. The monoisotopic (exact) mass is 473 g/mol. The summed E-state index contributed by atoms with van der Waals surface area (Å²) in [4.78, 5) is 11.3. The van der Waals surface area contributed by atoms with E-state index < -0.39 is 10.0 Å². The fourth-order valence-corrected chi connectivity index (χ4v) is 6.11. The third-order valence-electron chi connectivity index (χ3n) is 6.48. The summed E-state index contributed by atoms with van der Waals surface area (Å²) in [6.45, 7) is 0.811. The second-order valence-electron chi connectivity index (χ2n) is 8.95. The average molecular weight is 474 g/mol. The number of piperidine rings is 1. The van der Waals surface area contributed by atoms with Crippen LogP contribution in [0, 0.1) is 11.3 Å². The number of nitrogens with zero attached hydrogens (tertiary/aromatic N) is 7. The maximum absolute atomic E-state index is 12.8. The molecule has 11 nitrogen and oxygen atoms in total. The number of aromatic nitrogens is 4. The summed E-state index contributed by atoms with van der Waals surface area (Å²) in [5.41, 5.74) is 0.419. The van der Waals surface area contributed by atoms with E-state index in [1.807, 2.05) is 0 Å². The molecule has 1 saturated heterocycles. The Labute approximate surface area is 194 Å². The van der Waals surface area contributed by atoms with Crippen LogP contribution in [0.3, 0.4) is 0 Å². The molecule has 0 radical (unpaired) electrons. The van der Waals surface area contributed by atoms with E-state index in [2.05, 4.69) is 50.8 Å². The minimum absolute atomic E-state index is 0.0483. The highest BCUT2D eigenvalue weighted by molar-refractivity contribution is 7.89. The lowest BCUT2D eigenvalue weighted by Gasteiger charge is -2.31. The van der Waals surface area contributed by atoms with Crippen LogP contribution in [-0.4, -0.2) is 82.7 Å². The Balaban J connectivity index is 1.40. The summed E-state index contributed by atoms with van der Waals surface area (Å²) in [5.74, 6) is 0.995. The molecular formula is C21H31N9O2S. The van der Waals surface area contributed by atoms with Crippen LogP contribution in [0.4, 0.5) is 11.8 Å². The van der Waals surface area contributed by atoms with Gasteiger partial charge in [-0.1, -0.05) is 0 Å². The van der Waals surface area contributed by atoms with E-state index in [0.717, 1.165) is 19.3 Å². The molecule has 1 aliphatic carbocycles. The van der Waals surface area contributed by atoms with Gasteiger partial charge in [0, 0.05) is 44.5 Å². The molecule has 3 heterocycles. The van der Waals surface area contributed by atoms with Gasteiger partial charge in [0.15, 0.2) is 0 Å². The fourth-order valence-electron chi connectivity index (χ4n) is 4.65. The molecule has 1 unspecified atom stereocenters. The molecule has 33 heavy (non-hydrogen) atoms. The third-order valence-corrected chi connectivity index (χ3v) is 8.33. The predicted molar refractivity (Wildman–Crippen MR) is 124 cm³/mol. The highest BCUT2D eigenvalue weighted by Gasteiger charge is 2.31. The van der Waals surface area contributed by atoms with Crippen LogP contribution in [0.5, 0.6) is 0 Å². The Kier molecular flexibility index (Phi) is 6.83. The lowest BCUT2D eigenvalue weighted by molar-refractivity contribution is 0.285. The highest BCUT2D eigenvalue weighted by Crippen LogP contribution is 2.27. The van der Waals surface area contributed by atoms with E-state index >= 15 is 0 Å². The Morgan fingerprint density at radius 1 is 1.15 bits per heavy atom. The van der Waals surface area contributed by atoms with Crippen LogP contribution in [0.15, 0.2) is 23.5 Å². The van der Waals surface area contributed by atoms with Crippen molar-refractivity contribution in [3.05, 3.63) is 24.2 Å². The molecule has 0 aromatic carbocycles. The number of sulfonamides is 1. The number of nitrogens with one attached hydrogen (secondary N) is 2. The van der Waals surface area contributed by atoms with Gasteiger partial charge in [-0.25, -0.2) is 13.4 Å². The molecule has 0 amide bonds. The van der Waals surface area contributed by atoms with Crippen molar-refractivity contribution in [1.82, 2.24) is 29.0 Å². The van der Waals surface area contributed by atoms with Crippen LogP contribution in [0.2, 0.25) is 0 Å². The van der Waals surface area contributed by atoms with Crippen molar-refractivity contribution in [3.8, 4) is 6.07 Å². The van der Waals surface area contributed by atoms with Gasteiger partial charge in [0.25, 0.3) is 0 Å². The van der Waals surface area contributed by atoms with Crippen molar-refractivity contribution >= 4 is 21.8 Å². The molecule has 2 aromatic rings. The normalized spacial score (nSPS) is 22.4. The molecule has 2 fully saturated rings. The number of hydrogen-bond acceptors (Lipinski definition) is 9. The largest absolute Gasteiger partial charge is 0.364 e. The van der Waals surface area contributed by atoms with Crippen molar-refractivity contribution in [1.29, 1.82) is 5.26 Å². The van der Waals surface area contributed by atoms with Gasteiger partial charge in [-0.2, -0.15) is 19.6 Å². The minimum Gasteiger partial charge on any atom is -0.364 e. The second-order valence-corrected chi connectivity index (χ2v) is 10.9. The first kappa shape index (κ1) is 23.4. The van der Waals surface area contributed by atoms with E-state index in [9.17, 15) is 13.7 Å². The van der Waals surface area contributed by atoms with Crippen molar-refractivity contribution < 1.29 is 8.42 Å². The van der Waals surface area contributed by atoms with Crippen molar-refractivity contribution in [2.24, 2.45) is 7.05 Å². The smallest absolute Gasteiger partial charge is 0.246 e. The van der Waals surface area contributed by atoms with E-state index in [4.69, 9.17) is 0 Å². The number of aryl methyl sites for hydroxylation is 1. The average Bonchev–Trinajstić information content (AvgIpc) is 3.44. The summed E-state index contributed by atoms with van der Waals surface area (Å²) in [7, 11) is 2.31. The second kappa shape index (κ2) is 9.62. The molecule has 2 N–H and O–H groups in total. The molecule has 2 aromatic heterocycles. The molecule has 2 aliphatic rings. The standard InChI is InChI=1S/C21H31N9O2S/c1-28(2)19-6-4-5-18(19)26-20-15(11-22)12-23-21(27-20)25-16-7-9-30(10-8-16)33(31,32)17-13-24-29(3)14-17/h12-14,16,18-19H,4-10H2,1-3H3,(H2,23,25,26,27)/t18?,19-/m1/s1. The zero-order valence-electron chi connectivity index (χ0n) is 19.3. The molecule has 1 aliphatic heterocycles. The van der Waals surface area contributed by atoms with Crippen molar-refractivity contribution in [2.75, 3.05) is 37.8 Å². The van der Waals surface area contributed by atoms with E-state index in [1.54, 1.807) is 13.2 Å². The van der Waals surface area contributed by atoms with Crippen LogP contribution in [-0.2, 0) is 17.1 Å². The zero-order chi connectivity index (χ0) is 23.6. The Morgan fingerprint density at radius 2 is 1.91 bits per heavy atom. The lowest BCUT2D eigenvalue weighted by atomic mass is 10.1. The van der Waals surface area contributed by atoms with Crippen LogP contribution in [0.1, 0.15) is 37.7 Å². The van der Waals surface area contributed by atoms with Crippen molar-refractivity contribution in [3.63, 3.8) is 0 Å². The molecule has 0 bridgehead atoms. The van der Waals surface area contributed by atoms with E-state index in [1.165, 1.54) is 21.4 Å². The maximum Gasteiger partial charge on any atom is 0.246 e. The van der Waals surface area contributed by atoms with Gasteiger partial charge in [-0.15, -0.1) is 0 Å². The zero-order valence-corrected chi connectivity index (χ0v) is 20.1. The van der Waals surface area contributed by atoms with E-state index in [-0.39, 0.29) is 17.0 Å². The number of anilines is 2. The topological polar surface area (TPSA) is 132 Å². The minimum atomic E-state index is -3.54. The van der Waals surface area contributed by atoms with Gasteiger partial charge in [0.05, 0.1) is 12.4 Å². The molecule has 0 spiro atoms. The molecule has 1 saturated carbocycles. The van der Waals surface area contributed by atoms with Gasteiger partial charge in [-0.05, 0) is 46.2 Å². The molecule has 12 heteroatoms. The first-order valence-electron chi connectivity index (χ1n) is 11.2. The van der Waals surface area contributed by atoms with Crippen LogP contribution in [0.25, 0.3) is 0 Å². The van der Waals surface area contributed by atoms with Crippen LogP contribution >= 0.6 is 0 Å². The molecule has 4 rings (SSSR count). The van der Waals surface area contributed by atoms with Gasteiger partial charge in [0.2, 0.25) is 16.0 Å². The molecule has 2 atom stereocenters. The maximum atomic E-state index is 12.8. The highest BCUT2D eigenvalue weighted by atomic mass is 32.2. The summed E-state index contributed by atoms with van der Waals surface area (Å²) < 4.78 is 28.6. The molecular weight excluding hydrogens is 442 g/mol. The van der Waals surface area contributed by atoms with Gasteiger partial charge < -0.3 is 15.5 Å². The Bertz CT molecular complexity index is 1120. The van der Waals surface area contributed by atoms with Crippen LogP contribution < -0.4 is 10.6 Å². The van der Waals surface area contributed by atoms with Crippen molar-refractivity contribution in [2.45, 2.75) is 55.1 Å². The number of nitriles is 1. The quantitative estimate of drug-likeness (QED) is 0.609. The summed E-state index contributed by atoms with van der Waals surface area (Å²) in [6, 6.07) is 2.85. The number of hydrogen-bond donors (Lipinski definition) is 2. The fraction of sp³-hybridized carbons (Fsp3) is 0.619. The Morgan fingerprint density at radius 3 is 2.55 bits per heavy atom. The predicted octanol–water partition coefficient (Wildman–Crippen LogP) is 1.24. The molecule has 178 valence electrons. The SMILES string of the molecule is CN(C)[C@@H]1CCCC1Nc1nc(NC2CCN(S(=O)(=O)c3cnn(C)c3)CC2)ncc1C#N. The lowest BCUT2D eigenvalue weighted by Crippen LogP contribution is -2.42. The first-order chi connectivity index (χ1) is 15.8. The van der Waals surface area contributed by atoms with Gasteiger partial charge in [-0.3, -0.25) is 4.68 Å².